The molecule has 6 heteroatoms. The van der Waals surface area contributed by atoms with Gasteiger partial charge in [0.25, 0.3) is 0 Å². The first-order chi connectivity index (χ1) is 9.95. The summed E-state index contributed by atoms with van der Waals surface area (Å²) in [6.45, 7) is 3.78. The maximum absolute atomic E-state index is 11.6. The Morgan fingerprint density at radius 1 is 1.33 bits per heavy atom. The number of amides is 1. The molecular formula is C15H21NO5. The Labute approximate surface area is 123 Å². The molecule has 0 aliphatic rings. The highest BCUT2D eigenvalue weighted by Crippen LogP contribution is 2.20. The molecule has 1 atom stereocenters. The van der Waals surface area contributed by atoms with Gasteiger partial charge in [-0.2, -0.15) is 0 Å². The number of carboxylic acid groups (broad SMARTS) is 1. The highest BCUT2D eigenvalue weighted by atomic mass is 16.5. The van der Waals surface area contributed by atoms with Gasteiger partial charge < -0.3 is 20.3 Å². The van der Waals surface area contributed by atoms with Crippen molar-refractivity contribution in [3.05, 3.63) is 29.3 Å². The number of aliphatic hydroxyl groups is 1. The minimum Gasteiger partial charge on any atom is -0.493 e. The van der Waals surface area contributed by atoms with Crippen molar-refractivity contribution in [1.82, 2.24) is 5.32 Å². The molecule has 21 heavy (non-hydrogen) atoms. The van der Waals surface area contributed by atoms with Crippen LogP contribution in [0.1, 0.15) is 24.0 Å². The lowest BCUT2D eigenvalue weighted by Crippen LogP contribution is -2.41. The number of ether oxygens (including phenoxy) is 1. The summed E-state index contributed by atoms with van der Waals surface area (Å²) in [6, 6.07) is 4.61. The molecular weight excluding hydrogens is 274 g/mol. The van der Waals surface area contributed by atoms with Gasteiger partial charge in [-0.05, 0) is 31.0 Å². The lowest BCUT2D eigenvalue weighted by Gasteiger charge is -2.14. The van der Waals surface area contributed by atoms with Gasteiger partial charge in [-0.3, -0.25) is 4.79 Å². The average molecular weight is 295 g/mol. The SMILES string of the molecule is Cc1cccc(OCCC(=O)N[C@H](CCO)C(=O)O)c1C. The second-order valence-electron chi connectivity index (χ2n) is 4.77. The van der Waals surface area contributed by atoms with Gasteiger partial charge in [0.05, 0.1) is 13.0 Å². The zero-order chi connectivity index (χ0) is 15.8. The van der Waals surface area contributed by atoms with Gasteiger partial charge in [-0.25, -0.2) is 4.79 Å². The van der Waals surface area contributed by atoms with E-state index in [1.807, 2.05) is 32.0 Å². The van der Waals surface area contributed by atoms with Gasteiger partial charge in [-0.1, -0.05) is 12.1 Å². The Morgan fingerprint density at radius 3 is 2.67 bits per heavy atom. The molecule has 3 N–H and O–H groups in total. The van der Waals surface area contributed by atoms with Gasteiger partial charge in [0.15, 0.2) is 0 Å². The first-order valence-corrected chi connectivity index (χ1v) is 6.77. The van der Waals surface area contributed by atoms with Crippen LogP contribution in [0.4, 0.5) is 0 Å². The molecule has 0 aliphatic carbocycles. The molecule has 0 spiro atoms. The summed E-state index contributed by atoms with van der Waals surface area (Å²) in [7, 11) is 0. The Hall–Kier alpha value is -2.08. The van der Waals surface area contributed by atoms with E-state index in [0.29, 0.717) is 5.75 Å². The standard InChI is InChI=1S/C15H21NO5/c1-10-4-3-5-13(11(10)2)21-9-7-14(18)16-12(6-8-17)15(19)20/h3-5,12,17H,6-9H2,1-2H3,(H,16,18)(H,19,20)/t12-/m1/s1. The van der Waals surface area contributed by atoms with Crippen LogP contribution in [0.15, 0.2) is 18.2 Å². The van der Waals surface area contributed by atoms with E-state index in [1.54, 1.807) is 0 Å². The fourth-order valence-electron chi connectivity index (χ4n) is 1.79. The second-order valence-corrected chi connectivity index (χ2v) is 4.77. The Morgan fingerprint density at radius 2 is 2.05 bits per heavy atom. The smallest absolute Gasteiger partial charge is 0.326 e. The van der Waals surface area contributed by atoms with Crippen LogP contribution in [0.2, 0.25) is 0 Å². The van der Waals surface area contributed by atoms with E-state index >= 15 is 0 Å². The van der Waals surface area contributed by atoms with Crippen molar-refractivity contribution in [3.8, 4) is 5.75 Å². The molecule has 0 heterocycles. The largest absolute Gasteiger partial charge is 0.493 e. The van der Waals surface area contributed by atoms with E-state index in [-0.39, 0.29) is 26.1 Å². The van der Waals surface area contributed by atoms with Gasteiger partial charge in [0.1, 0.15) is 11.8 Å². The number of hydrogen-bond acceptors (Lipinski definition) is 4. The second kappa shape index (κ2) is 8.26. The normalized spacial score (nSPS) is 11.8. The number of carbonyl (C=O) groups excluding carboxylic acids is 1. The van der Waals surface area contributed by atoms with Crippen molar-refractivity contribution >= 4 is 11.9 Å². The van der Waals surface area contributed by atoms with Gasteiger partial charge in [0.2, 0.25) is 5.91 Å². The molecule has 0 aliphatic heterocycles. The first kappa shape index (κ1) is 17.0. The van der Waals surface area contributed by atoms with Crippen LogP contribution in [0.3, 0.4) is 0 Å². The van der Waals surface area contributed by atoms with E-state index in [1.165, 1.54) is 0 Å². The molecule has 1 aromatic rings. The predicted molar refractivity (Wildman–Crippen MR) is 77.3 cm³/mol. The van der Waals surface area contributed by atoms with Crippen LogP contribution in [0, 0.1) is 13.8 Å². The lowest BCUT2D eigenvalue weighted by molar-refractivity contribution is -0.142. The average Bonchev–Trinajstić information content (AvgIpc) is 2.43. The third-order valence-corrected chi connectivity index (χ3v) is 3.19. The van der Waals surface area contributed by atoms with Gasteiger partial charge >= 0.3 is 5.97 Å². The molecule has 0 unspecified atom stereocenters. The summed E-state index contributed by atoms with van der Waals surface area (Å²) < 4.78 is 5.53. The number of benzene rings is 1. The van der Waals surface area contributed by atoms with Crippen molar-refractivity contribution in [2.75, 3.05) is 13.2 Å². The lowest BCUT2D eigenvalue weighted by atomic mass is 10.1. The number of rotatable bonds is 8. The van der Waals surface area contributed by atoms with Gasteiger partial charge in [0, 0.05) is 13.0 Å². The zero-order valence-electron chi connectivity index (χ0n) is 12.3. The van der Waals surface area contributed by atoms with E-state index in [2.05, 4.69) is 5.32 Å². The number of aryl methyl sites for hydroxylation is 1. The summed E-state index contributed by atoms with van der Waals surface area (Å²) in [5.41, 5.74) is 2.12. The topological polar surface area (TPSA) is 95.9 Å². The fourth-order valence-corrected chi connectivity index (χ4v) is 1.79. The quantitative estimate of drug-likeness (QED) is 0.665. The van der Waals surface area contributed by atoms with Crippen molar-refractivity contribution in [2.45, 2.75) is 32.7 Å². The number of nitrogens with one attached hydrogen (secondary N) is 1. The zero-order valence-corrected chi connectivity index (χ0v) is 12.3. The minimum absolute atomic E-state index is 0.0150. The molecule has 1 aromatic carbocycles. The Balaban J connectivity index is 2.43. The molecule has 1 rings (SSSR count). The monoisotopic (exact) mass is 295 g/mol. The highest BCUT2D eigenvalue weighted by molar-refractivity contribution is 5.83. The van der Waals surface area contributed by atoms with Crippen LogP contribution < -0.4 is 10.1 Å². The fraction of sp³-hybridized carbons (Fsp3) is 0.467. The third-order valence-electron chi connectivity index (χ3n) is 3.19. The summed E-state index contributed by atoms with van der Waals surface area (Å²) >= 11 is 0. The van der Waals surface area contributed by atoms with Crippen LogP contribution >= 0.6 is 0 Å². The number of carbonyl (C=O) groups is 2. The van der Waals surface area contributed by atoms with Crippen molar-refractivity contribution in [1.29, 1.82) is 0 Å². The number of aliphatic carboxylic acids is 1. The summed E-state index contributed by atoms with van der Waals surface area (Å²) in [5, 5.41) is 20.0. The molecule has 0 aromatic heterocycles. The van der Waals surface area contributed by atoms with E-state index in [9.17, 15) is 9.59 Å². The van der Waals surface area contributed by atoms with Crippen LogP contribution in [0.25, 0.3) is 0 Å². The highest BCUT2D eigenvalue weighted by Gasteiger charge is 2.18. The summed E-state index contributed by atoms with van der Waals surface area (Å²) in [4.78, 5) is 22.5. The number of aliphatic hydroxyl groups excluding tert-OH is 1. The van der Waals surface area contributed by atoms with Crippen LogP contribution in [-0.4, -0.2) is 41.3 Å². The first-order valence-electron chi connectivity index (χ1n) is 6.77. The van der Waals surface area contributed by atoms with Crippen molar-refractivity contribution in [3.63, 3.8) is 0 Å². The van der Waals surface area contributed by atoms with Crippen LogP contribution in [-0.2, 0) is 9.59 Å². The number of carboxylic acids is 1. The van der Waals surface area contributed by atoms with E-state index in [0.717, 1.165) is 11.1 Å². The summed E-state index contributed by atoms with van der Waals surface area (Å²) in [6.07, 6.45) is 0.0432. The number of hydrogen-bond donors (Lipinski definition) is 3. The van der Waals surface area contributed by atoms with Crippen LogP contribution in [0.5, 0.6) is 5.75 Å². The Bertz CT molecular complexity index is 501. The molecule has 0 bridgehead atoms. The molecule has 0 radical (unpaired) electrons. The maximum atomic E-state index is 11.6. The summed E-state index contributed by atoms with van der Waals surface area (Å²) in [5.74, 6) is -0.859. The maximum Gasteiger partial charge on any atom is 0.326 e. The predicted octanol–water partition coefficient (Wildman–Crippen LogP) is 1.02. The van der Waals surface area contributed by atoms with Gasteiger partial charge in [-0.15, -0.1) is 0 Å². The molecule has 6 nitrogen and oxygen atoms in total. The van der Waals surface area contributed by atoms with Crippen molar-refractivity contribution < 1.29 is 24.5 Å². The van der Waals surface area contributed by atoms with Crippen molar-refractivity contribution in [2.24, 2.45) is 0 Å². The van der Waals surface area contributed by atoms with E-state index in [4.69, 9.17) is 14.9 Å². The molecule has 0 saturated carbocycles. The third kappa shape index (κ3) is 5.43. The molecule has 0 fully saturated rings. The molecule has 1 amide bonds. The molecule has 116 valence electrons. The molecule has 0 saturated heterocycles. The van der Waals surface area contributed by atoms with E-state index < -0.39 is 17.9 Å². The minimum atomic E-state index is -1.16. The Kier molecular flexibility index (Phi) is 6.68.